The molecule has 0 aromatic carbocycles. The number of hydrogen-bond donors (Lipinski definition) is 1. The third-order valence-corrected chi connectivity index (χ3v) is 7.92. The molecule has 0 spiro atoms. The molecule has 2 unspecified atom stereocenters. The number of carboxylic acids is 1. The normalized spacial score (nSPS) is 14.1. The van der Waals surface area contributed by atoms with E-state index < -0.39 is 18.1 Å². The van der Waals surface area contributed by atoms with Gasteiger partial charge in [-0.05, 0) is 51.4 Å². The first-order chi connectivity index (χ1) is 25.1. The van der Waals surface area contributed by atoms with Gasteiger partial charge in [-0.3, -0.25) is 9.59 Å². The summed E-state index contributed by atoms with van der Waals surface area (Å²) in [6.45, 7) is 4.35. The van der Waals surface area contributed by atoms with Gasteiger partial charge in [-0.15, -0.1) is 0 Å². The minimum absolute atomic E-state index is 0.0296. The summed E-state index contributed by atoms with van der Waals surface area (Å²) in [5.74, 6) is -1.57. The highest BCUT2D eigenvalue weighted by Gasteiger charge is 2.31. The van der Waals surface area contributed by atoms with E-state index in [0.717, 1.165) is 70.6 Å². The van der Waals surface area contributed by atoms with Gasteiger partial charge in [-0.25, -0.2) is 4.79 Å². The summed E-state index contributed by atoms with van der Waals surface area (Å²) in [5, 5.41) is 9.59. The van der Waals surface area contributed by atoms with Gasteiger partial charge < -0.3 is 23.8 Å². The standard InChI is InChI=1S/C44H69NO7/c1-6-8-10-12-14-16-18-20-21-23-25-27-29-31-33-35-43(47)52-40(38-50-37-36-41(44(48)49)45(3,4)5)39-51-42(46)34-32-30-28-26-24-22-19-17-15-13-11-9-7-2/h8-21,23,25,40-41H,6-7,22,24,26-39H2,1-5H3/p+1/b10-8+,11-9+,14-12+,15-13+,18-16+,19-17+,21-20+,25-23+. The summed E-state index contributed by atoms with van der Waals surface area (Å²) in [5.41, 5.74) is 0. The lowest BCUT2D eigenvalue weighted by atomic mass is 10.1. The molecule has 0 fully saturated rings. The van der Waals surface area contributed by atoms with Crippen molar-refractivity contribution in [1.29, 1.82) is 0 Å². The second-order valence-corrected chi connectivity index (χ2v) is 13.6. The lowest BCUT2D eigenvalue weighted by Gasteiger charge is -2.31. The number of allylic oxidation sites excluding steroid dienone is 16. The van der Waals surface area contributed by atoms with Crippen LogP contribution in [0.5, 0.6) is 0 Å². The topological polar surface area (TPSA) is 99.1 Å². The monoisotopic (exact) mass is 725 g/mol. The average Bonchev–Trinajstić information content (AvgIpc) is 3.09. The zero-order valence-corrected chi connectivity index (χ0v) is 33.0. The Kier molecular flexibility index (Phi) is 31.9. The van der Waals surface area contributed by atoms with E-state index in [4.69, 9.17) is 14.2 Å². The second kappa shape index (κ2) is 34.3. The zero-order chi connectivity index (χ0) is 38.5. The molecule has 0 amide bonds. The molecule has 0 aliphatic carbocycles. The fourth-order valence-electron chi connectivity index (χ4n) is 4.93. The number of unbranched alkanes of at least 4 members (excludes halogenated alkanes) is 8. The van der Waals surface area contributed by atoms with E-state index in [1.807, 2.05) is 81.9 Å². The van der Waals surface area contributed by atoms with Crippen molar-refractivity contribution in [1.82, 2.24) is 0 Å². The van der Waals surface area contributed by atoms with Gasteiger partial charge in [0.15, 0.2) is 12.1 Å². The second-order valence-electron chi connectivity index (χ2n) is 13.6. The van der Waals surface area contributed by atoms with Crippen LogP contribution in [0.1, 0.15) is 110 Å². The number of ether oxygens (including phenoxy) is 3. The van der Waals surface area contributed by atoms with E-state index in [0.29, 0.717) is 19.3 Å². The fraction of sp³-hybridized carbons (Fsp3) is 0.568. The van der Waals surface area contributed by atoms with Gasteiger partial charge in [0.1, 0.15) is 6.61 Å². The van der Waals surface area contributed by atoms with Crippen LogP contribution in [0.4, 0.5) is 0 Å². The van der Waals surface area contributed by atoms with Crippen molar-refractivity contribution in [2.45, 2.75) is 122 Å². The molecule has 0 rings (SSSR count). The van der Waals surface area contributed by atoms with Crippen LogP contribution in [0.15, 0.2) is 97.2 Å². The third-order valence-electron chi connectivity index (χ3n) is 7.92. The number of aliphatic carboxylic acids is 1. The highest BCUT2D eigenvalue weighted by molar-refractivity contribution is 5.72. The lowest BCUT2D eigenvalue weighted by Crippen LogP contribution is -2.50. The number of likely N-dealkylation sites (N-methyl/N-ethyl adjacent to an activating group) is 1. The Morgan fingerprint density at radius 1 is 0.577 bits per heavy atom. The quantitative estimate of drug-likeness (QED) is 0.0319. The molecule has 1 N–H and O–H groups in total. The summed E-state index contributed by atoms with van der Waals surface area (Å²) in [6.07, 6.45) is 44.5. The van der Waals surface area contributed by atoms with Crippen LogP contribution in [0.2, 0.25) is 0 Å². The summed E-state index contributed by atoms with van der Waals surface area (Å²) in [4.78, 5) is 36.8. The minimum atomic E-state index is -0.892. The molecular formula is C44H70NO7+. The van der Waals surface area contributed by atoms with Crippen molar-refractivity contribution in [2.75, 3.05) is 41.0 Å². The molecule has 0 heterocycles. The molecule has 52 heavy (non-hydrogen) atoms. The predicted octanol–water partition coefficient (Wildman–Crippen LogP) is 9.96. The van der Waals surface area contributed by atoms with Crippen LogP contribution >= 0.6 is 0 Å². The predicted molar refractivity (Wildman–Crippen MR) is 215 cm³/mol. The SMILES string of the molecule is CC/C=C/C=C/C=C/C=C/C=C/CCCCCC(=O)OC(COCCC(C(=O)O)[N+](C)(C)C)COC(=O)CCCCCCC/C=C/C=C/C=C/CC. The Morgan fingerprint density at radius 2 is 1.02 bits per heavy atom. The van der Waals surface area contributed by atoms with Crippen molar-refractivity contribution >= 4 is 17.9 Å². The van der Waals surface area contributed by atoms with Crippen LogP contribution in [0, 0.1) is 0 Å². The molecule has 0 aromatic rings. The van der Waals surface area contributed by atoms with Gasteiger partial charge in [0.2, 0.25) is 0 Å². The Labute approximate surface area is 316 Å². The first-order valence-electron chi connectivity index (χ1n) is 19.4. The molecule has 292 valence electrons. The van der Waals surface area contributed by atoms with Crippen LogP contribution in [0.25, 0.3) is 0 Å². The highest BCUT2D eigenvalue weighted by Crippen LogP contribution is 2.12. The molecule has 2 atom stereocenters. The molecule has 0 saturated heterocycles. The number of nitrogens with zero attached hydrogens (tertiary/aromatic N) is 1. The van der Waals surface area contributed by atoms with E-state index in [2.05, 4.69) is 50.3 Å². The molecule has 0 aliphatic heterocycles. The van der Waals surface area contributed by atoms with E-state index in [1.165, 1.54) is 0 Å². The Bertz CT molecular complexity index is 1170. The number of carbonyl (C=O) groups is 3. The average molecular weight is 725 g/mol. The molecule has 0 bridgehead atoms. The summed E-state index contributed by atoms with van der Waals surface area (Å²) >= 11 is 0. The van der Waals surface area contributed by atoms with Crippen molar-refractivity contribution in [2.24, 2.45) is 0 Å². The van der Waals surface area contributed by atoms with Crippen molar-refractivity contribution in [3.8, 4) is 0 Å². The maximum atomic E-state index is 12.7. The van der Waals surface area contributed by atoms with Crippen molar-refractivity contribution < 1.29 is 38.2 Å². The maximum Gasteiger partial charge on any atom is 0.362 e. The summed E-state index contributed by atoms with van der Waals surface area (Å²) in [7, 11) is 5.48. The lowest BCUT2D eigenvalue weighted by molar-refractivity contribution is -0.887. The van der Waals surface area contributed by atoms with Gasteiger partial charge in [-0.2, -0.15) is 0 Å². The maximum absolute atomic E-state index is 12.7. The van der Waals surface area contributed by atoms with E-state index in [-0.39, 0.29) is 42.7 Å². The smallest absolute Gasteiger partial charge is 0.362 e. The Morgan fingerprint density at radius 3 is 1.52 bits per heavy atom. The molecule has 8 nitrogen and oxygen atoms in total. The number of esters is 2. The van der Waals surface area contributed by atoms with Gasteiger partial charge in [0, 0.05) is 19.3 Å². The number of hydrogen-bond acceptors (Lipinski definition) is 6. The Hall–Kier alpha value is -3.75. The molecule has 0 radical (unpaired) electrons. The largest absolute Gasteiger partial charge is 0.477 e. The first-order valence-corrected chi connectivity index (χ1v) is 19.4. The third kappa shape index (κ3) is 32.2. The Balaban J connectivity index is 4.57. The van der Waals surface area contributed by atoms with Crippen LogP contribution in [-0.4, -0.2) is 80.6 Å². The highest BCUT2D eigenvalue weighted by atomic mass is 16.6. The van der Waals surface area contributed by atoms with Crippen molar-refractivity contribution in [3.63, 3.8) is 0 Å². The summed E-state index contributed by atoms with van der Waals surface area (Å²) < 4.78 is 17.1. The van der Waals surface area contributed by atoms with Crippen molar-refractivity contribution in [3.05, 3.63) is 97.2 Å². The number of carbonyl (C=O) groups excluding carboxylic acids is 2. The van der Waals surface area contributed by atoms with Crippen LogP contribution in [0.3, 0.4) is 0 Å². The molecular weight excluding hydrogens is 654 g/mol. The van der Waals surface area contributed by atoms with E-state index >= 15 is 0 Å². The summed E-state index contributed by atoms with van der Waals surface area (Å²) in [6, 6.07) is -0.631. The number of quaternary nitrogens is 1. The molecule has 0 aromatic heterocycles. The van der Waals surface area contributed by atoms with Gasteiger partial charge in [-0.1, -0.05) is 137 Å². The molecule has 0 aliphatic rings. The minimum Gasteiger partial charge on any atom is -0.477 e. The van der Waals surface area contributed by atoms with Crippen LogP contribution < -0.4 is 0 Å². The first kappa shape index (κ1) is 48.2. The fourth-order valence-corrected chi connectivity index (χ4v) is 4.93. The molecule has 0 saturated carbocycles. The van der Waals surface area contributed by atoms with Gasteiger partial charge in [0.25, 0.3) is 0 Å². The zero-order valence-electron chi connectivity index (χ0n) is 33.0. The number of carboxylic acid groups (broad SMARTS) is 1. The van der Waals surface area contributed by atoms with Gasteiger partial charge >= 0.3 is 17.9 Å². The number of rotatable bonds is 32. The van der Waals surface area contributed by atoms with Crippen LogP contribution in [-0.2, 0) is 28.6 Å². The van der Waals surface area contributed by atoms with E-state index in [1.54, 1.807) is 0 Å². The van der Waals surface area contributed by atoms with E-state index in [9.17, 15) is 19.5 Å². The van der Waals surface area contributed by atoms with Gasteiger partial charge in [0.05, 0.1) is 34.4 Å². The molecule has 8 heteroatoms.